The average molecular weight is 1830 g/mol. The second-order valence-electron chi connectivity index (χ2n) is 37.5. The number of nitrogens with zero attached hydrogens (tertiary/aromatic N) is 10. The molecule has 0 saturated carbocycles. The Morgan fingerprint density at radius 1 is 0.229 bits per heavy atom. The molecule has 680 valence electrons. The maximum atomic E-state index is 6.40. The quantitative estimate of drug-likeness (QED) is 0.0972. The summed E-state index contributed by atoms with van der Waals surface area (Å²) >= 11 is 0. The van der Waals surface area contributed by atoms with E-state index in [0.717, 1.165) is 119 Å². The van der Waals surface area contributed by atoms with Gasteiger partial charge in [0.15, 0.2) is 0 Å². The minimum atomic E-state index is 0.195. The van der Waals surface area contributed by atoms with Crippen LogP contribution in [-0.2, 0) is 35.2 Å². The van der Waals surface area contributed by atoms with Crippen molar-refractivity contribution in [1.29, 1.82) is 0 Å². The van der Waals surface area contributed by atoms with Gasteiger partial charge < -0.3 is 22.1 Å². The van der Waals surface area contributed by atoms with Crippen LogP contribution in [-0.4, -0.2) is 34.2 Å². The van der Waals surface area contributed by atoms with Gasteiger partial charge >= 0.3 is 34.2 Å². The normalized spacial score (nSPS) is 13.4. The van der Waals surface area contributed by atoms with E-state index in [9.17, 15) is 0 Å². The minimum absolute atomic E-state index is 0.195. The van der Waals surface area contributed by atoms with Crippen molar-refractivity contribution in [3.63, 3.8) is 0 Å². The topological polar surface area (TPSA) is 101 Å². The highest BCUT2D eigenvalue weighted by molar-refractivity contribution is 6.72. The molecule has 0 N–H and O–H groups in total. The second-order valence-corrected chi connectivity index (χ2v) is 37.5. The molecule has 0 fully saturated rings. The van der Waals surface area contributed by atoms with Crippen LogP contribution in [0.4, 0.5) is 58.5 Å². The number of para-hydroxylation sites is 5. The van der Waals surface area contributed by atoms with Crippen molar-refractivity contribution in [2.75, 3.05) is 24.1 Å². The molecule has 25 rings (SSSR count). The Morgan fingerprint density at radius 3 is 0.836 bits per heavy atom. The number of rotatable bonds is 10. The number of benzene rings is 10. The van der Waals surface area contributed by atoms with Crippen molar-refractivity contribution in [3.05, 3.63) is 421 Å². The van der Waals surface area contributed by atoms with Gasteiger partial charge in [-0.25, -0.2) is 22.8 Å². The van der Waals surface area contributed by atoms with E-state index < -0.39 is 0 Å². The molecule has 0 unspecified atom stereocenters. The zero-order valence-electron chi connectivity index (χ0n) is 81.9. The van der Waals surface area contributed by atoms with Gasteiger partial charge in [-0.1, -0.05) is 291 Å². The summed E-state index contributed by atoms with van der Waals surface area (Å²) < 4.78 is 42.6. The molecule has 20 aromatic rings. The van der Waals surface area contributed by atoms with Crippen LogP contribution in [0.15, 0.2) is 398 Å². The summed E-state index contributed by atoms with van der Waals surface area (Å²) in [7, 11) is 10.5. The monoisotopic (exact) mass is 1830 g/mol. The minimum Gasteiger partial charge on any atom is -0.423 e. The van der Waals surface area contributed by atoms with E-state index in [-0.39, 0.29) is 34.2 Å². The molecule has 20 heteroatoms. The molecule has 0 saturated heterocycles. The fourth-order valence-electron chi connectivity index (χ4n) is 20.8. The number of anilines is 10. The van der Waals surface area contributed by atoms with Crippen LogP contribution in [0.5, 0.6) is 0 Å². The first kappa shape index (κ1) is 90.2. The fourth-order valence-corrected chi connectivity index (χ4v) is 20.8. The molecule has 0 amide bonds. The first-order chi connectivity index (χ1) is 68.2. The lowest BCUT2D eigenvalue weighted by molar-refractivity contribution is -0.658. The van der Waals surface area contributed by atoms with Crippen molar-refractivity contribution >= 4 is 177 Å². The van der Waals surface area contributed by atoms with Crippen LogP contribution < -0.4 is 46.9 Å². The lowest BCUT2D eigenvalue weighted by Gasteiger charge is -2.25. The van der Waals surface area contributed by atoms with Gasteiger partial charge in [0.25, 0.3) is 58.5 Å². The van der Waals surface area contributed by atoms with Gasteiger partial charge in [-0.2, -0.15) is 0 Å². The molecular formula is C120H110B5N10O5+5. The number of pyridine rings is 5. The van der Waals surface area contributed by atoms with E-state index in [1.165, 1.54) is 105 Å². The van der Waals surface area contributed by atoms with Crippen LogP contribution in [0.2, 0.25) is 34.1 Å². The predicted molar refractivity (Wildman–Crippen MR) is 584 cm³/mol. The Balaban J connectivity index is 0.000000104. The van der Waals surface area contributed by atoms with E-state index in [1.54, 1.807) is 0 Å². The van der Waals surface area contributed by atoms with Crippen molar-refractivity contribution in [3.8, 4) is 55.6 Å². The number of hydrogen-bond acceptors (Lipinski definition) is 10. The van der Waals surface area contributed by atoms with E-state index in [0.29, 0.717) is 0 Å². The SMILES string of the molecule is CB1C=C(C)c2c(oc3ccccc23)N1c1cc(-c2ccccc2)c(C)c[n+]1C.CB1C=C(C)c2c(oc3ccccc23)N1c1cc(-c2ccccc2)cc[n+]1C.CB1C=Cc2c(oc3ccccc23)N1c1cc(-c2ccccc2)c(C)c[n+]1C.CB1C=Cc2c(oc3ccccc23)N1c1cc(-c2ccccc2)cc[n+]1C.CB1C=Cc2c(oc3ccccc23)N1c1cc(C)c(-c2ccccc2)c[n+]1C. The number of aromatic nitrogens is 5. The van der Waals surface area contributed by atoms with Gasteiger partial charge in [0.1, 0.15) is 27.9 Å². The molecule has 15 nitrogen and oxygen atoms in total. The number of allylic oxidation sites excluding steroid dienone is 2. The third-order valence-electron chi connectivity index (χ3n) is 27.8. The Kier molecular flexibility index (Phi) is 24.5. The molecule has 0 aliphatic carbocycles. The van der Waals surface area contributed by atoms with E-state index >= 15 is 0 Å². The Hall–Kier alpha value is -16.3. The third kappa shape index (κ3) is 16.9. The maximum Gasteiger partial charge on any atom is 0.406 e. The van der Waals surface area contributed by atoms with Gasteiger partial charge in [0, 0.05) is 62.8 Å². The molecule has 0 radical (unpaired) electrons. The summed E-state index contributed by atoms with van der Waals surface area (Å²) in [5.41, 5.74) is 29.0. The molecular weight excluding hydrogens is 1720 g/mol. The highest BCUT2D eigenvalue weighted by Crippen LogP contribution is 2.49. The standard InChI is InChI=1S/C25H24BN2O.3C24H22BN2O.C23H20BN2O/c1-17-15-26(3)28(25-24(17)20-12-8-9-13-22(20)29-25)23-14-21(18(2)16-27(23)4)19-10-6-5-7-11-19;1-17-16-25(2)27(24-23(17)20-11-7-8-12-21(20)28-24)22-15-19(13-14-26(22)3)18-9-5-4-6-10-18;1-17-16-26(3)23(15-21(17)18-9-5-4-6-10-18)27-24-20(13-14-25(27)2)19-11-7-8-12-22(19)28-24;1-17-15-23(26(3)16-21(17)18-9-5-4-6-10-18)27-24-20(13-14-25(27)2)19-11-7-8-12-22(19)28-24;1-24-14-12-20-19-10-6-7-11-21(19)27-23(20)26(24)22-16-18(13-15-25(22)2)17-8-4-3-5-9-17/h5-16H,1-4H3;3*4-16H,1-3H3;3-16H,1-2H3/q5*+1. The fraction of sp³-hybridized carbons (Fsp3) is 0.125. The van der Waals surface area contributed by atoms with Crippen LogP contribution in [0, 0.1) is 20.8 Å². The highest BCUT2D eigenvalue weighted by Gasteiger charge is 2.45. The molecule has 0 atom stereocenters. The second kappa shape index (κ2) is 38.0. The number of furan rings is 5. The summed E-state index contributed by atoms with van der Waals surface area (Å²) in [6, 6.07) is 110. The van der Waals surface area contributed by atoms with E-state index in [1.807, 2.05) is 72.8 Å². The lowest BCUT2D eigenvalue weighted by Crippen LogP contribution is -2.44. The van der Waals surface area contributed by atoms with Crippen molar-refractivity contribution in [2.45, 2.75) is 68.7 Å². The smallest absolute Gasteiger partial charge is 0.406 e. The third-order valence-corrected chi connectivity index (χ3v) is 27.8. The number of fused-ring (bicyclic) bond motifs is 15. The Morgan fingerprint density at radius 2 is 0.493 bits per heavy atom. The molecule has 10 aromatic heterocycles. The largest absolute Gasteiger partial charge is 0.423 e. The first-order valence-electron chi connectivity index (χ1n) is 48.4. The van der Waals surface area contributed by atoms with E-state index in [4.69, 9.17) is 22.1 Å². The molecule has 0 bridgehead atoms. The molecule has 0 spiro atoms. The number of hydrogen-bond donors (Lipinski definition) is 0. The van der Waals surface area contributed by atoms with Crippen LogP contribution in [0.25, 0.3) is 140 Å². The predicted octanol–water partition coefficient (Wildman–Crippen LogP) is 28.0. The molecule has 5 aliphatic heterocycles. The average Bonchev–Trinajstić information content (AvgIpc) is 1.58. The van der Waals surface area contributed by atoms with Crippen LogP contribution >= 0.6 is 0 Å². The Labute approximate surface area is 820 Å². The summed E-state index contributed by atoms with van der Waals surface area (Å²) in [5.74, 6) is 21.5. The van der Waals surface area contributed by atoms with Gasteiger partial charge in [-0.3, -0.25) is 24.1 Å². The van der Waals surface area contributed by atoms with E-state index in [2.05, 4.69) is 473 Å². The zero-order chi connectivity index (χ0) is 96.3. The molecule has 5 aliphatic rings. The van der Waals surface area contributed by atoms with Crippen molar-refractivity contribution < 1.29 is 44.9 Å². The van der Waals surface area contributed by atoms with Gasteiger partial charge in [0.05, 0.1) is 94.0 Å². The first-order valence-corrected chi connectivity index (χ1v) is 48.4. The molecule has 15 heterocycles. The summed E-state index contributed by atoms with van der Waals surface area (Å²) in [5, 5.41) is 5.81. The van der Waals surface area contributed by atoms with Crippen molar-refractivity contribution in [1.82, 2.24) is 0 Å². The lowest BCUT2D eigenvalue weighted by atomic mass is 9.59. The Bertz CT molecular complexity index is 8290. The summed E-state index contributed by atoms with van der Waals surface area (Å²) in [6.07, 6.45) is 17.4. The maximum absolute atomic E-state index is 6.40. The molecule has 140 heavy (non-hydrogen) atoms. The van der Waals surface area contributed by atoms with Gasteiger partial charge in [-0.05, 0) is 189 Å². The highest BCUT2D eigenvalue weighted by atomic mass is 16.4. The summed E-state index contributed by atoms with van der Waals surface area (Å²) in [4.78, 5) is 11.5. The van der Waals surface area contributed by atoms with Gasteiger partial charge in [0.2, 0.25) is 0 Å². The van der Waals surface area contributed by atoms with Crippen LogP contribution in [0.3, 0.4) is 0 Å². The van der Waals surface area contributed by atoms with Crippen LogP contribution in [0.1, 0.15) is 58.4 Å². The molecule has 10 aromatic carbocycles. The number of aryl methyl sites for hydroxylation is 8. The van der Waals surface area contributed by atoms with Crippen molar-refractivity contribution in [2.24, 2.45) is 35.2 Å². The van der Waals surface area contributed by atoms with Gasteiger partial charge in [-0.15, -0.1) is 0 Å². The summed E-state index contributed by atoms with van der Waals surface area (Å²) in [6.45, 7) is 22.9. The zero-order valence-corrected chi connectivity index (χ0v) is 81.9.